The largest absolute Gasteiger partial charge is 0.298 e. The molecule has 0 amide bonds. The lowest BCUT2D eigenvalue weighted by Gasteiger charge is -2.06. The molecule has 0 heterocycles. The van der Waals surface area contributed by atoms with Gasteiger partial charge in [-0.2, -0.15) is 0 Å². The van der Waals surface area contributed by atoms with E-state index in [1.165, 1.54) is 13.0 Å². The lowest BCUT2D eigenvalue weighted by Crippen LogP contribution is -2.01. The maximum Gasteiger partial charge on any atom is 0.147 e. The topological polar surface area (TPSA) is 17.1 Å². The van der Waals surface area contributed by atoms with E-state index in [9.17, 15) is 9.18 Å². The third kappa shape index (κ3) is 2.74. The molecule has 0 aliphatic carbocycles. The van der Waals surface area contributed by atoms with Crippen molar-refractivity contribution in [1.29, 1.82) is 0 Å². The predicted molar refractivity (Wildman–Crippen MR) is 61.5 cm³/mol. The van der Waals surface area contributed by atoms with E-state index in [4.69, 9.17) is 0 Å². The van der Waals surface area contributed by atoms with Crippen LogP contribution in [-0.4, -0.2) is 5.78 Å². The molecule has 0 spiro atoms. The summed E-state index contributed by atoms with van der Waals surface area (Å²) in [4.78, 5) is 10.6. The highest BCUT2D eigenvalue weighted by molar-refractivity contribution is 14.1. The van der Waals surface area contributed by atoms with Crippen molar-refractivity contribution in [3.63, 3.8) is 0 Å². The first-order chi connectivity index (χ1) is 6.02. The number of benzene rings is 1. The Labute approximate surface area is 98.0 Å². The summed E-state index contributed by atoms with van der Waals surface area (Å²) >= 11 is 5.10. The van der Waals surface area contributed by atoms with Gasteiger partial charge in [-0.3, -0.25) is 4.79 Å². The van der Waals surface area contributed by atoms with Gasteiger partial charge in [-0.1, -0.05) is 22.0 Å². The lowest BCUT2D eigenvalue weighted by molar-refractivity contribution is -0.116. The Kier molecular flexibility index (Phi) is 3.85. The summed E-state index contributed by atoms with van der Waals surface area (Å²) in [6.45, 7) is 1.47. The summed E-state index contributed by atoms with van der Waals surface area (Å²) in [6, 6.07) is 4.77. The molecule has 0 saturated heterocycles. The van der Waals surface area contributed by atoms with Crippen LogP contribution in [0.3, 0.4) is 0 Å². The minimum atomic E-state index is -0.404. The second kappa shape index (κ2) is 4.50. The summed E-state index contributed by atoms with van der Waals surface area (Å²) in [7, 11) is 0. The molecule has 0 radical (unpaired) electrons. The van der Waals surface area contributed by atoms with E-state index in [-0.39, 0.29) is 11.6 Å². The highest BCUT2D eigenvalue weighted by atomic mass is 127. The monoisotopic (exact) mass is 356 g/mol. The summed E-state index contributed by atoms with van der Waals surface area (Å²) in [5.41, 5.74) is 0.658. The number of halogens is 3. The average Bonchev–Trinajstić information content (AvgIpc) is 2.08. The second-order valence-electron chi connectivity index (χ2n) is 2.65. The molecule has 0 aromatic heterocycles. The number of hydrogen-bond acceptors (Lipinski definition) is 1. The molecule has 1 rings (SSSR count). The Morgan fingerprint density at radius 2 is 2.23 bits per heavy atom. The van der Waals surface area contributed by atoms with Crippen molar-refractivity contribution >= 4 is 44.3 Å². The molecule has 0 N–H and O–H groups in total. The predicted octanol–water partition coefficient (Wildman–Crippen LogP) is 3.46. The van der Waals surface area contributed by atoms with Gasteiger partial charge in [0, 0.05) is 3.57 Å². The number of ketones is 1. The Bertz CT molecular complexity index is 340. The SMILES string of the molecule is CC(=O)C(Br)c1ccc(I)c(F)c1. The summed E-state index contributed by atoms with van der Waals surface area (Å²) in [5.74, 6) is -0.315. The number of Topliss-reactive ketones (excluding diaryl/α,β-unsaturated/α-hetero) is 1. The molecule has 0 saturated carbocycles. The van der Waals surface area contributed by atoms with Crippen molar-refractivity contribution in [2.45, 2.75) is 11.8 Å². The van der Waals surface area contributed by atoms with Crippen LogP contribution < -0.4 is 0 Å². The van der Waals surface area contributed by atoms with Gasteiger partial charge in [-0.15, -0.1) is 0 Å². The van der Waals surface area contributed by atoms with Crippen molar-refractivity contribution in [1.82, 2.24) is 0 Å². The van der Waals surface area contributed by atoms with Gasteiger partial charge < -0.3 is 0 Å². The summed E-state index contributed by atoms with van der Waals surface area (Å²) in [5, 5.41) is 0. The molecule has 13 heavy (non-hydrogen) atoms. The van der Waals surface area contributed by atoms with Crippen molar-refractivity contribution in [2.75, 3.05) is 0 Å². The van der Waals surface area contributed by atoms with Gasteiger partial charge in [0.05, 0.1) is 4.83 Å². The molecule has 0 aliphatic heterocycles. The van der Waals surface area contributed by atoms with Crippen LogP contribution >= 0.6 is 38.5 Å². The third-order valence-corrected chi connectivity index (χ3v) is 3.64. The fourth-order valence-electron chi connectivity index (χ4n) is 0.905. The van der Waals surface area contributed by atoms with Gasteiger partial charge in [-0.25, -0.2) is 4.39 Å². The van der Waals surface area contributed by atoms with Gasteiger partial charge in [0.2, 0.25) is 0 Å². The van der Waals surface area contributed by atoms with E-state index in [0.29, 0.717) is 9.13 Å². The number of alkyl halides is 1. The van der Waals surface area contributed by atoms with Crippen LogP contribution in [-0.2, 0) is 4.79 Å². The first-order valence-corrected chi connectivity index (χ1v) is 5.61. The van der Waals surface area contributed by atoms with E-state index < -0.39 is 4.83 Å². The average molecular weight is 357 g/mol. The van der Waals surface area contributed by atoms with E-state index in [1.54, 1.807) is 12.1 Å². The van der Waals surface area contributed by atoms with Crippen LogP contribution in [0.1, 0.15) is 17.3 Å². The minimum absolute atomic E-state index is 0.0272. The van der Waals surface area contributed by atoms with Crippen molar-refractivity contribution < 1.29 is 9.18 Å². The number of rotatable bonds is 2. The Morgan fingerprint density at radius 1 is 1.62 bits per heavy atom. The first kappa shape index (κ1) is 11.1. The molecule has 70 valence electrons. The second-order valence-corrected chi connectivity index (χ2v) is 4.72. The Hall–Kier alpha value is 0.0300. The van der Waals surface area contributed by atoms with E-state index in [0.717, 1.165) is 0 Å². The molecule has 0 bridgehead atoms. The Morgan fingerprint density at radius 3 is 2.69 bits per heavy atom. The fourth-order valence-corrected chi connectivity index (χ4v) is 1.53. The standard InChI is InChI=1S/C9H7BrFIO/c1-5(13)9(10)6-2-3-8(12)7(11)4-6/h2-4,9H,1H3. The molecule has 1 aromatic rings. The van der Waals surface area contributed by atoms with Crippen LogP contribution in [0.4, 0.5) is 4.39 Å². The molecule has 1 nitrogen and oxygen atoms in total. The van der Waals surface area contributed by atoms with Gasteiger partial charge in [0.25, 0.3) is 0 Å². The van der Waals surface area contributed by atoms with Gasteiger partial charge >= 0.3 is 0 Å². The van der Waals surface area contributed by atoms with Crippen molar-refractivity contribution in [2.24, 2.45) is 0 Å². The van der Waals surface area contributed by atoms with Crippen molar-refractivity contribution in [3.8, 4) is 0 Å². The fraction of sp³-hybridized carbons (Fsp3) is 0.222. The van der Waals surface area contributed by atoms with Gasteiger partial charge in [0.15, 0.2) is 0 Å². The molecule has 4 heteroatoms. The molecule has 1 atom stereocenters. The summed E-state index contributed by atoms with van der Waals surface area (Å²) < 4.78 is 13.6. The lowest BCUT2D eigenvalue weighted by atomic mass is 10.1. The normalized spacial score (nSPS) is 12.6. The highest BCUT2D eigenvalue weighted by Gasteiger charge is 2.13. The van der Waals surface area contributed by atoms with E-state index >= 15 is 0 Å². The van der Waals surface area contributed by atoms with Crippen molar-refractivity contribution in [3.05, 3.63) is 33.1 Å². The Balaban J connectivity index is 3.03. The molecule has 0 fully saturated rings. The number of carbonyl (C=O) groups is 1. The quantitative estimate of drug-likeness (QED) is 0.586. The van der Waals surface area contributed by atoms with Crippen LogP contribution in [0.5, 0.6) is 0 Å². The van der Waals surface area contributed by atoms with E-state index in [2.05, 4.69) is 15.9 Å². The highest BCUT2D eigenvalue weighted by Crippen LogP contribution is 2.25. The molecule has 1 unspecified atom stereocenters. The zero-order chi connectivity index (χ0) is 10.0. The molecular weight excluding hydrogens is 350 g/mol. The smallest absolute Gasteiger partial charge is 0.147 e. The maximum absolute atomic E-state index is 13.1. The van der Waals surface area contributed by atoms with Gasteiger partial charge in [-0.05, 0) is 47.2 Å². The molecular formula is C9H7BrFIO. The van der Waals surface area contributed by atoms with Crippen LogP contribution in [0.2, 0.25) is 0 Å². The third-order valence-electron chi connectivity index (χ3n) is 1.59. The number of hydrogen-bond donors (Lipinski definition) is 0. The summed E-state index contributed by atoms with van der Waals surface area (Å²) in [6.07, 6.45) is 0. The zero-order valence-electron chi connectivity index (χ0n) is 6.85. The number of carbonyl (C=O) groups excluding carboxylic acids is 1. The van der Waals surface area contributed by atoms with Crippen LogP contribution in [0.15, 0.2) is 18.2 Å². The van der Waals surface area contributed by atoms with Crippen LogP contribution in [0, 0.1) is 9.39 Å². The molecule has 0 aliphatic rings. The first-order valence-electron chi connectivity index (χ1n) is 3.62. The zero-order valence-corrected chi connectivity index (χ0v) is 10.6. The minimum Gasteiger partial charge on any atom is -0.298 e. The van der Waals surface area contributed by atoms with E-state index in [1.807, 2.05) is 22.6 Å². The van der Waals surface area contributed by atoms with Crippen LogP contribution in [0.25, 0.3) is 0 Å². The molecule has 1 aromatic carbocycles. The van der Waals surface area contributed by atoms with Gasteiger partial charge in [0.1, 0.15) is 11.6 Å². The maximum atomic E-state index is 13.1.